The lowest BCUT2D eigenvalue weighted by Crippen LogP contribution is -2.02. The second kappa shape index (κ2) is 3.27. The standard InChI is InChI=1S/C7H10FN3/c1-2-3-5-6(8)7(9)11-4-10-5/h4H,2-3H2,1H3,(H2,9,10,11). The first-order chi connectivity index (χ1) is 5.25. The van der Waals surface area contributed by atoms with Gasteiger partial charge in [0.2, 0.25) is 0 Å². The highest BCUT2D eigenvalue weighted by Crippen LogP contribution is 2.09. The lowest BCUT2D eigenvalue weighted by Gasteiger charge is -1.99. The van der Waals surface area contributed by atoms with Crippen LogP contribution >= 0.6 is 0 Å². The minimum atomic E-state index is -0.477. The van der Waals surface area contributed by atoms with Gasteiger partial charge in [-0.25, -0.2) is 14.4 Å². The maximum atomic E-state index is 12.9. The molecule has 0 fully saturated rings. The summed E-state index contributed by atoms with van der Waals surface area (Å²) < 4.78 is 12.9. The first-order valence-corrected chi connectivity index (χ1v) is 3.50. The molecule has 0 atom stereocenters. The van der Waals surface area contributed by atoms with Crippen molar-refractivity contribution in [1.29, 1.82) is 0 Å². The summed E-state index contributed by atoms with van der Waals surface area (Å²) in [5, 5.41) is 0. The monoisotopic (exact) mass is 155 g/mol. The Balaban J connectivity index is 2.96. The van der Waals surface area contributed by atoms with Gasteiger partial charge in [-0.1, -0.05) is 13.3 Å². The van der Waals surface area contributed by atoms with Crippen LogP contribution < -0.4 is 5.73 Å². The van der Waals surface area contributed by atoms with Gasteiger partial charge in [0.1, 0.15) is 6.33 Å². The molecule has 0 spiro atoms. The smallest absolute Gasteiger partial charge is 0.186 e. The van der Waals surface area contributed by atoms with E-state index in [1.54, 1.807) is 0 Å². The van der Waals surface area contributed by atoms with Crippen LogP contribution in [0.15, 0.2) is 6.33 Å². The molecule has 2 N–H and O–H groups in total. The number of anilines is 1. The predicted octanol–water partition coefficient (Wildman–Crippen LogP) is 1.15. The molecule has 1 aromatic heterocycles. The second-order valence-corrected chi connectivity index (χ2v) is 2.27. The van der Waals surface area contributed by atoms with E-state index in [-0.39, 0.29) is 5.82 Å². The molecule has 1 heterocycles. The largest absolute Gasteiger partial charge is 0.381 e. The fraction of sp³-hybridized carbons (Fsp3) is 0.429. The number of hydrogen-bond acceptors (Lipinski definition) is 3. The Hall–Kier alpha value is -1.19. The van der Waals surface area contributed by atoms with Crippen molar-refractivity contribution >= 4 is 5.82 Å². The van der Waals surface area contributed by atoms with E-state index in [0.29, 0.717) is 12.1 Å². The molecule has 1 rings (SSSR count). The topological polar surface area (TPSA) is 51.8 Å². The molecule has 0 amide bonds. The van der Waals surface area contributed by atoms with Crippen molar-refractivity contribution in [3.8, 4) is 0 Å². The Morgan fingerprint density at radius 3 is 2.91 bits per heavy atom. The van der Waals surface area contributed by atoms with Crippen molar-refractivity contribution in [3.63, 3.8) is 0 Å². The van der Waals surface area contributed by atoms with Crippen molar-refractivity contribution in [2.45, 2.75) is 19.8 Å². The maximum Gasteiger partial charge on any atom is 0.186 e. The van der Waals surface area contributed by atoms with Gasteiger partial charge in [-0.3, -0.25) is 0 Å². The molecule has 60 valence electrons. The highest BCUT2D eigenvalue weighted by molar-refractivity contribution is 5.30. The van der Waals surface area contributed by atoms with Crippen molar-refractivity contribution < 1.29 is 4.39 Å². The molecule has 0 aliphatic carbocycles. The van der Waals surface area contributed by atoms with Crippen LogP contribution in [0.1, 0.15) is 19.0 Å². The van der Waals surface area contributed by atoms with Gasteiger partial charge < -0.3 is 5.73 Å². The van der Waals surface area contributed by atoms with Gasteiger partial charge in [0.25, 0.3) is 0 Å². The number of aryl methyl sites for hydroxylation is 1. The molecule has 0 aromatic carbocycles. The Bertz CT molecular complexity index is 249. The Kier molecular flexibility index (Phi) is 2.36. The molecule has 0 unspecified atom stereocenters. The molecule has 0 saturated carbocycles. The summed E-state index contributed by atoms with van der Waals surface area (Å²) >= 11 is 0. The van der Waals surface area contributed by atoms with Crippen LogP contribution in [0.5, 0.6) is 0 Å². The summed E-state index contributed by atoms with van der Waals surface area (Å²) in [6.07, 6.45) is 2.75. The van der Waals surface area contributed by atoms with Crippen LogP contribution in [0.3, 0.4) is 0 Å². The van der Waals surface area contributed by atoms with Crippen LogP contribution in [0, 0.1) is 5.82 Å². The second-order valence-electron chi connectivity index (χ2n) is 2.27. The van der Waals surface area contributed by atoms with E-state index in [2.05, 4.69) is 9.97 Å². The number of rotatable bonds is 2. The zero-order valence-corrected chi connectivity index (χ0v) is 6.34. The van der Waals surface area contributed by atoms with E-state index in [1.807, 2.05) is 6.92 Å². The molecule has 3 nitrogen and oxygen atoms in total. The number of halogens is 1. The highest BCUT2D eigenvalue weighted by Gasteiger charge is 2.05. The fourth-order valence-electron chi connectivity index (χ4n) is 0.833. The molecule has 0 aliphatic rings. The van der Waals surface area contributed by atoms with Crippen LogP contribution in [-0.2, 0) is 6.42 Å². The van der Waals surface area contributed by atoms with E-state index in [0.717, 1.165) is 6.42 Å². The molecule has 11 heavy (non-hydrogen) atoms. The minimum absolute atomic E-state index is 0.0662. The van der Waals surface area contributed by atoms with Crippen molar-refractivity contribution in [2.24, 2.45) is 0 Å². The third kappa shape index (κ3) is 1.63. The summed E-state index contributed by atoms with van der Waals surface area (Å²) in [4.78, 5) is 7.28. The molecule has 1 aromatic rings. The van der Waals surface area contributed by atoms with Gasteiger partial charge >= 0.3 is 0 Å². The Morgan fingerprint density at radius 2 is 2.27 bits per heavy atom. The normalized spacial score (nSPS) is 10.0. The van der Waals surface area contributed by atoms with E-state index < -0.39 is 5.82 Å². The average molecular weight is 155 g/mol. The lowest BCUT2D eigenvalue weighted by molar-refractivity contribution is 0.593. The lowest BCUT2D eigenvalue weighted by atomic mass is 10.2. The molecule has 0 bridgehead atoms. The van der Waals surface area contributed by atoms with Crippen LogP contribution in [-0.4, -0.2) is 9.97 Å². The van der Waals surface area contributed by atoms with Gasteiger partial charge in [0.05, 0.1) is 5.69 Å². The third-order valence-corrected chi connectivity index (χ3v) is 1.38. The van der Waals surface area contributed by atoms with Crippen molar-refractivity contribution in [2.75, 3.05) is 5.73 Å². The number of nitrogen functional groups attached to an aromatic ring is 1. The number of nitrogens with two attached hydrogens (primary N) is 1. The summed E-state index contributed by atoms with van der Waals surface area (Å²) in [5.41, 5.74) is 5.63. The molecular weight excluding hydrogens is 145 g/mol. The molecule has 0 radical (unpaired) electrons. The Morgan fingerprint density at radius 1 is 1.55 bits per heavy atom. The maximum absolute atomic E-state index is 12.9. The van der Waals surface area contributed by atoms with Crippen molar-refractivity contribution in [1.82, 2.24) is 9.97 Å². The van der Waals surface area contributed by atoms with E-state index in [9.17, 15) is 4.39 Å². The van der Waals surface area contributed by atoms with Crippen LogP contribution in [0.25, 0.3) is 0 Å². The van der Waals surface area contributed by atoms with Gasteiger partial charge in [0, 0.05) is 0 Å². The molecule has 0 saturated heterocycles. The van der Waals surface area contributed by atoms with E-state index >= 15 is 0 Å². The molecule has 0 aliphatic heterocycles. The molecular formula is C7H10FN3. The van der Waals surface area contributed by atoms with Gasteiger partial charge in [-0.05, 0) is 6.42 Å². The summed E-state index contributed by atoms with van der Waals surface area (Å²) in [6.45, 7) is 1.96. The quantitative estimate of drug-likeness (QED) is 0.697. The average Bonchev–Trinajstić information content (AvgIpc) is 1.99. The zero-order valence-electron chi connectivity index (χ0n) is 6.34. The molecule has 4 heteroatoms. The Labute approximate surface area is 64.5 Å². The van der Waals surface area contributed by atoms with Gasteiger partial charge in [0.15, 0.2) is 11.6 Å². The minimum Gasteiger partial charge on any atom is -0.381 e. The zero-order chi connectivity index (χ0) is 8.27. The fourth-order valence-corrected chi connectivity index (χ4v) is 0.833. The first-order valence-electron chi connectivity index (χ1n) is 3.50. The number of nitrogens with zero attached hydrogens (tertiary/aromatic N) is 2. The van der Waals surface area contributed by atoms with Crippen LogP contribution in [0.4, 0.5) is 10.2 Å². The first kappa shape index (κ1) is 7.91. The number of aromatic nitrogens is 2. The van der Waals surface area contributed by atoms with E-state index in [1.165, 1.54) is 6.33 Å². The van der Waals surface area contributed by atoms with Gasteiger partial charge in [-0.15, -0.1) is 0 Å². The predicted molar refractivity (Wildman–Crippen MR) is 40.4 cm³/mol. The van der Waals surface area contributed by atoms with Crippen molar-refractivity contribution in [3.05, 3.63) is 17.8 Å². The van der Waals surface area contributed by atoms with Gasteiger partial charge in [-0.2, -0.15) is 0 Å². The van der Waals surface area contributed by atoms with E-state index in [4.69, 9.17) is 5.73 Å². The van der Waals surface area contributed by atoms with Crippen LogP contribution in [0.2, 0.25) is 0 Å². The SMILES string of the molecule is CCCc1ncnc(N)c1F. The summed E-state index contributed by atoms with van der Waals surface area (Å²) in [5.74, 6) is -0.544. The summed E-state index contributed by atoms with van der Waals surface area (Å²) in [6, 6.07) is 0. The summed E-state index contributed by atoms with van der Waals surface area (Å²) in [7, 11) is 0. The highest BCUT2D eigenvalue weighted by atomic mass is 19.1. The third-order valence-electron chi connectivity index (χ3n) is 1.38. The number of hydrogen-bond donors (Lipinski definition) is 1.